The van der Waals surface area contributed by atoms with Crippen molar-refractivity contribution in [2.45, 2.75) is 18.6 Å². The van der Waals surface area contributed by atoms with E-state index < -0.39 is 12.6 Å². The second-order valence-electron chi connectivity index (χ2n) is 3.91. The van der Waals surface area contributed by atoms with Gasteiger partial charge in [0.2, 0.25) is 0 Å². The van der Waals surface area contributed by atoms with E-state index in [0.717, 1.165) is 5.56 Å². The van der Waals surface area contributed by atoms with E-state index in [-0.39, 0.29) is 11.6 Å². The third kappa shape index (κ3) is 4.79. The normalized spacial score (nSPS) is 13.1. The summed E-state index contributed by atoms with van der Waals surface area (Å²) < 4.78 is 41.6. The minimum atomic E-state index is -4.17. The Kier molecular flexibility index (Phi) is 5.22. The predicted molar refractivity (Wildman–Crippen MR) is 64.2 cm³/mol. The Bertz CT molecular complexity index is 373. The lowest BCUT2D eigenvalue weighted by molar-refractivity contribution is -0.127. The van der Waals surface area contributed by atoms with Crippen molar-refractivity contribution < 1.29 is 17.9 Å². The predicted octanol–water partition coefficient (Wildman–Crippen LogP) is 3.21. The van der Waals surface area contributed by atoms with Crippen LogP contribution in [0.3, 0.4) is 0 Å². The first-order chi connectivity index (χ1) is 8.46. The van der Waals surface area contributed by atoms with Gasteiger partial charge in [0.15, 0.2) is 0 Å². The molecule has 1 unspecified atom stereocenters. The minimum absolute atomic E-state index is 0.104. The molecule has 0 amide bonds. The highest BCUT2D eigenvalue weighted by Crippen LogP contribution is 2.22. The molecule has 5 heteroatoms. The summed E-state index contributed by atoms with van der Waals surface area (Å²) in [7, 11) is 1.57. The van der Waals surface area contributed by atoms with E-state index >= 15 is 0 Å². The molecular weight excluding hydrogens is 243 g/mol. The van der Waals surface area contributed by atoms with Gasteiger partial charge < -0.3 is 10.1 Å². The van der Waals surface area contributed by atoms with Gasteiger partial charge in [-0.3, -0.25) is 0 Å². The quantitative estimate of drug-likeness (QED) is 0.847. The fourth-order valence-electron chi connectivity index (χ4n) is 1.65. The van der Waals surface area contributed by atoms with Gasteiger partial charge in [0.05, 0.1) is 19.1 Å². The summed E-state index contributed by atoms with van der Waals surface area (Å²) in [5.41, 5.74) is 1.11. The molecule has 0 aliphatic carbocycles. The molecule has 0 saturated carbocycles. The number of hydrogen-bond donors (Lipinski definition) is 1. The smallest absolute Gasteiger partial charge is 0.382 e. The van der Waals surface area contributed by atoms with Crippen molar-refractivity contribution >= 4 is 0 Å². The molecule has 0 aliphatic heterocycles. The monoisotopic (exact) mass is 259 g/mol. The Morgan fingerprint density at radius 3 is 2.39 bits per heavy atom. The fraction of sp³-hybridized carbons (Fsp3) is 0.385. The van der Waals surface area contributed by atoms with Gasteiger partial charge in [-0.15, -0.1) is 0 Å². The van der Waals surface area contributed by atoms with Crippen molar-refractivity contribution in [3.8, 4) is 0 Å². The molecule has 0 bridgehead atoms. The van der Waals surface area contributed by atoms with Crippen molar-refractivity contribution in [1.82, 2.24) is 5.32 Å². The highest BCUT2D eigenvalue weighted by molar-refractivity contribution is 5.26. The van der Waals surface area contributed by atoms with Crippen molar-refractivity contribution in [3.63, 3.8) is 0 Å². The van der Waals surface area contributed by atoms with Crippen LogP contribution < -0.4 is 5.32 Å². The molecule has 0 aliphatic rings. The van der Waals surface area contributed by atoms with Crippen LogP contribution >= 0.6 is 0 Å². The molecule has 2 nitrogen and oxygen atoms in total. The van der Waals surface area contributed by atoms with Crippen molar-refractivity contribution in [2.75, 3.05) is 13.7 Å². The van der Waals surface area contributed by atoms with Crippen molar-refractivity contribution in [1.29, 1.82) is 0 Å². The summed E-state index contributed by atoms with van der Waals surface area (Å²) in [6.45, 7) is 3.98. The lowest BCUT2D eigenvalue weighted by Gasteiger charge is -2.17. The highest BCUT2D eigenvalue weighted by atomic mass is 19.4. The second kappa shape index (κ2) is 6.44. The number of halogens is 3. The fourth-order valence-corrected chi connectivity index (χ4v) is 1.65. The zero-order chi connectivity index (χ0) is 13.6. The molecule has 1 rings (SSSR count). The van der Waals surface area contributed by atoms with Crippen LogP contribution in [0.25, 0.3) is 0 Å². The van der Waals surface area contributed by atoms with Gasteiger partial charge in [-0.05, 0) is 17.3 Å². The molecule has 1 aromatic rings. The average molecular weight is 259 g/mol. The van der Waals surface area contributed by atoms with E-state index in [1.54, 1.807) is 19.2 Å². The maximum absolute atomic E-state index is 12.2. The first-order valence-electron chi connectivity index (χ1n) is 5.47. The van der Waals surface area contributed by atoms with Crippen LogP contribution in [-0.4, -0.2) is 19.9 Å². The lowest BCUT2D eigenvalue weighted by atomic mass is 10.0. The maximum Gasteiger partial charge on any atom is 0.393 e. The summed E-state index contributed by atoms with van der Waals surface area (Å²) in [6, 6.07) is 6.20. The van der Waals surface area contributed by atoms with Gasteiger partial charge in [0.1, 0.15) is 0 Å². The first-order valence-corrected chi connectivity index (χ1v) is 5.47. The van der Waals surface area contributed by atoms with Gasteiger partial charge in [-0.25, -0.2) is 0 Å². The third-order valence-electron chi connectivity index (χ3n) is 2.44. The van der Waals surface area contributed by atoms with Gasteiger partial charge in [-0.2, -0.15) is 13.2 Å². The summed E-state index contributed by atoms with van der Waals surface area (Å²) >= 11 is 0. The van der Waals surface area contributed by atoms with Crippen molar-refractivity contribution in [3.05, 3.63) is 48.2 Å². The summed E-state index contributed by atoms with van der Waals surface area (Å²) in [5, 5.41) is 2.98. The summed E-state index contributed by atoms with van der Waals surface area (Å²) in [4.78, 5) is 0. The van der Waals surface area contributed by atoms with Gasteiger partial charge in [0.25, 0.3) is 0 Å². The summed E-state index contributed by atoms with van der Waals surface area (Å²) in [5.74, 6) is 0. The van der Waals surface area contributed by atoms with Crippen LogP contribution in [0.5, 0.6) is 0 Å². The number of rotatable bonds is 6. The van der Waals surface area contributed by atoms with Crippen LogP contribution in [0.2, 0.25) is 0 Å². The van der Waals surface area contributed by atoms with Crippen LogP contribution in [0.1, 0.15) is 17.2 Å². The van der Waals surface area contributed by atoms with Gasteiger partial charge >= 0.3 is 6.18 Å². The Hall–Kier alpha value is -1.49. The molecule has 1 atom stereocenters. The molecule has 1 aromatic carbocycles. The zero-order valence-corrected chi connectivity index (χ0v) is 10.1. The number of methoxy groups -OCH3 is 1. The zero-order valence-electron chi connectivity index (χ0n) is 10.1. The second-order valence-corrected chi connectivity index (χ2v) is 3.91. The largest absolute Gasteiger partial charge is 0.393 e. The van der Waals surface area contributed by atoms with Crippen LogP contribution in [0.4, 0.5) is 13.2 Å². The third-order valence-corrected chi connectivity index (χ3v) is 2.44. The van der Waals surface area contributed by atoms with E-state index in [1.165, 1.54) is 18.3 Å². The van der Waals surface area contributed by atoms with Gasteiger partial charge in [-0.1, -0.05) is 30.8 Å². The number of ether oxygens (including phenoxy) is 1. The molecule has 0 fully saturated rings. The van der Waals surface area contributed by atoms with Crippen LogP contribution in [-0.2, 0) is 11.2 Å². The van der Waals surface area contributed by atoms with E-state index in [9.17, 15) is 13.2 Å². The van der Waals surface area contributed by atoms with Crippen LogP contribution in [0.15, 0.2) is 37.0 Å². The Labute approximate surface area is 104 Å². The molecule has 1 N–H and O–H groups in total. The lowest BCUT2D eigenvalue weighted by Crippen LogP contribution is -2.20. The molecule has 0 spiro atoms. The first kappa shape index (κ1) is 14.6. The Balaban J connectivity index is 2.76. The topological polar surface area (TPSA) is 21.3 Å². The molecule has 0 heterocycles. The molecular formula is C13H16F3NO. The highest BCUT2D eigenvalue weighted by Gasteiger charge is 2.27. The summed E-state index contributed by atoms with van der Waals surface area (Å²) in [6.07, 6.45) is -3.54. The Morgan fingerprint density at radius 1 is 1.33 bits per heavy atom. The number of nitrogens with one attached hydrogen (secondary N) is 1. The van der Waals surface area contributed by atoms with Crippen LogP contribution in [0, 0.1) is 0 Å². The Morgan fingerprint density at radius 2 is 1.94 bits per heavy atom. The molecule has 18 heavy (non-hydrogen) atoms. The van der Waals surface area contributed by atoms with E-state index in [4.69, 9.17) is 4.74 Å². The van der Waals surface area contributed by atoms with E-state index in [2.05, 4.69) is 11.9 Å². The maximum atomic E-state index is 12.2. The molecule has 0 aromatic heterocycles. The number of alkyl halides is 3. The van der Waals surface area contributed by atoms with E-state index in [0.29, 0.717) is 6.61 Å². The number of hydrogen-bond acceptors (Lipinski definition) is 2. The molecule has 100 valence electrons. The average Bonchev–Trinajstić information content (AvgIpc) is 2.28. The SMILES string of the molecule is C=CNC(COC)c1ccc(CC(F)(F)F)cc1. The van der Waals surface area contributed by atoms with E-state index in [1.807, 2.05) is 0 Å². The van der Waals surface area contributed by atoms with Crippen molar-refractivity contribution in [2.24, 2.45) is 0 Å². The van der Waals surface area contributed by atoms with Gasteiger partial charge in [0, 0.05) is 7.11 Å². The molecule has 0 radical (unpaired) electrons. The number of benzene rings is 1. The standard InChI is InChI=1S/C13H16F3NO/c1-3-17-12(9-18-2)11-6-4-10(5-7-11)8-13(14,15)16/h3-7,12,17H,1,8-9H2,2H3. The molecule has 0 saturated heterocycles. The minimum Gasteiger partial charge on any atom is -0.382 e.